The molecule has 0 saturated carbocycles. The number of nitrogens with one attached hydrogen (secondary N) is 1. The van der Waals surface area contributed by atoms with Crippen LogP contribution in [0.25, 0.3) is 22.0 Å². The van der Waals surface area contributed by atoms with Gasteiger partial charge < -0.3 is 0 Å². The molecule has 2 aromatic carbocycles. The van der Waals surface area contributed by atoms with Gasteiger partial charge in [0.05, 0.1) is 0 Å². The molecule has 3 rings (SSSR count). The number of hydrogen-bond donors (Lipinski definition) is 1. The molecule has 0 atom stereocenters. The number of rotatable bonds is 1. The van der Waals surface area contributed by atoms with Gasteiger partial charge in [0.25, 0.3) is 0 Å². The Hall–Kier alpha value is -2.21. The monoisotopic (exact) mass is 292 g/mol. The van der Waals surface area contributed by atoms with Crippen LogP contribution in [-0.4, -0.2) is 10.2 Å². The summed E-state index contributed by atoms with van der Waals surface area (Å²) in [6, 6.07) is 8.97. The minimum absolute atomic E-state index is 0.119. The molecule has 1 N–H and O–H groups in total. The van der Waals surface area contributed by atoms with Crippen LogP contribution in [0.15, 0.2) is 36.4 Å². The highest BCUT2D eigenvalue weighted by Crippen LogP contribution is 2.29. The molecular weight excluding hydrogens is 285 g/mol. The zero-order valence-corrected chi connectivity index (χ0v) is 10.8. The van der Waals surface area contributed by atoms with E-state index in [0.717, 1.165) is 12.1 Å². The van der Waals surface area contributed by atoms with Crippen molar-refractivity contribution in [3.05, 3.63) is 58.5 Å². The van der Waals surface area contributed by atoms with Gasteiger partial charge in [-0.25, -0.2) is 13.2 Å². The minimum Gasteiger partial charge on any atom is -0.267 e. The van der Waals surface area contributed by atoms with Crippen molar-refractivity contribution in [2.75, 3.05) is 0 Å². The Morgan fingerprint density at radius 1 is 0.900 bits per heavy atom. The molecule has 1 heterocycles. The molecule has 6 heteroatoms. The number of fused-ring (bicyclic) bond motifs is 1. The van der Waals surface area contributed by atoms with Crippen LogP contribution in [0.3, 0.4) is 0 Å². The lowest BCUT2D eigenvalue weighted by molar-refractivity contribution is 0.449. The molecule has 0 radical (unpaired) electrons. The lowest BCUT2D eigenvalue weighted by Crippen LogP contribution is -1.98. The lowest BCUT2D eigenvalue weighted by Gasteiger charge is -2.07. The number of aromatic nitrogens is 2. The fourth-order valence-electron chi connectivity index (χ4n) is 2.03. The van der Waals surface area contributed by atoms with Crippen molar-refractivity contribution in [2.45, 2.75) is 0 Å². The smallest absolute Gasteiger partial charge is 0.195 e. The minimum atomic E-state index is -1.52. The second-order valence-electron chi connectivity index (χ2n) is 4.17. The predicted molar refractivity (Wildman–Crippen MR) is 72.2 cm³/mol. The topological polar surface area (TPSA) is 28.7 Å². The van der Waals surface area contributed by atoms with Gasteiger partial charge in [0.2, 0.25) is 0 Å². The van der Waals surface area contributed by atoms with Gasteiger partial charge in [0.1, 0.15) is 10.3 Å². The van der Waals surface area contributed by atoms with E-state index in [1.165, 1.54) is 0 Å². The van der Waals surface area contributed by atoms with Crippen molar-refractivity contribution >= 4 is 23.0 Å². The van der Waals surface area contributed by atoms with E-state index in [-0.39, 0.29) is 11.3 Å². The number of nitrogens with zero attached hydrogens (tertiary/aromatic N) is 1. The van der Waals surface area contributed by atoms with Gasteiger partial charge in [-0.2, -0.15) is 5.10 Å². The van der Waals surface area contributed by atoms with E-state index in [1.54, 1.807) is 24.3 Å². The van der Waals surface area contributed by atoms with Crippen LogP contribution >= 0.6 is 12.2 Å². The van der Waals surface area contributed by atoms with E-state index in [0.29, 0.717) is 15.4 Å². The SMILES string of the molecule is Fc1ccc(-c2n[nH]c(=S)c3ccccc23)c(F)c1F. The molecule has 20 heavy (non-hydrogen) atoms. The normalized spacial score (nSPS) is 10.9. The fourth-order valence-corrected chi connectivity index (χ4v) is 2.25. The number of halogens is 3. The molecule has 0 bridgehead atoms. The highest BCUT2D eigenvalue weighted by molar-refractivity contribution is 7.71. The summed E-state index contributed by atoms with van der Waals surface area (Å²) >= 11 is 5.10. The number of hydrogen-bond acceptors (Lipinski definition) is 2. The second-order valence-corrected chi connectivity index (χ2v) is 4.58. The maximum atomic E-state index is 13.9. The second kappa shape index (κ2) is 4.72. The maximum absolute atomic E-state index is 13.9. The Balaban J connectivity index is 2.39. The standard InChI is InChI=1S/C14H7F3N2S/c15-10-6-5-9(11(16)12(10)17)13-7-3-1-2-4-8(7)14(20)19-18-13/h1-6H,(H,19,20). The number of benzene rings is 2. The lowest BCUT2D eigenvalue weighted by atomic mass is 10.0. The molecule has 1 aromatic heterocycles. The predicted octanol–water partition coefficient (Wildman–Crippen LogP) is 4.38. The van der Waals surface area contributed by atoms with Gasteiger partial charge in [0, 0.05) is 16.3 Å². The Bertz CT molecular complexity index is 874. The first kappa shape index (κ1) is 12.8. The molecule has 0 spiro atoms. The molecular formula is C14H7F3N2S. The first-order valence-electron chi connectivity index (χ1n) is 5.71. The van der Waals surface area contributed by atoms with Crippen LogP contribution < -0.4 is 0 Å². The summed E-state index contributed by atoms with van der Waals surface area (Å²) in [5.74, 6) is -4.02. The Morgan fingerprint density at radius 3 is 2.35 bits per heavy atom. The molecule has 0 aliphatic heterocycles. The van der Waals surface area contributed by atoms with Crippen LogP contribution in [0.4, 0.5) is 13.2 Å². The molecule has 0 aliphatic rings. The Labute approximate surface area is 116 Å². The van der Waals surface area contributed by atoms with Crippen LogP contribution in [0, 0.1) is 22.1 Å². The van der Waals surface area contributed by atoms with Crippen molar-refractivity contribution in [2.24, 2.45) is 0 Å². The van der Waals surface area contributed by atoms with Gasteiger partial charge in [-0.15, -0.1) is 0 Å². The third-order valence-corrected chi connectivity index (χ3v) is 3.30. The molecule has 100 valence electrons. The maximum Gasteiger partial charge on any atom is 0.195 e. The highest BCUT2D eigenvalue weighted by atomic mass is 32.1. The summed E-state index contributed by atoms with van der Waals surface area (Å²) in [7, 11) is 0. The first-order chi connectivity index (χ1) is 9.59. The summed E-state index contributed by atoms with van der Waals surface area (Å²) in [6.07, 6.45) is 0. The van der Waals surface area contributed by atoms with Crippen LogP contribution in [-0.2, 0) is 0 Å². The number of H-pyrrole nitrogens is 1. The van der Waals surface area contributed by atoms with Crippen molar-refractivity contribution in [3.8, 4) is 11.3 Å². The largest absolute Gasteiger partial charge is 0.267 e. The van der Waals surface area contributed by atoms with E-state index in [9.17, 15) is 13.2 Å². The molecule has 0 fully saturated rings. The third-order valence-electron chi connectivity index (χ3n) is 2.99. The van der Waals surface area contributed by atoms with Crippen molar-refractivity contribution in [3.63, 3.8) is 0 Å². The van der Waals surface area contributed by atoms with Gasteiger partial charge in [-0.05, 0) is 12.1 Å². The molecule has 0 unspecified atom stereocenters. The summed E-state index contributed by atoms with van der Waals surface area (Å²) in [5, 5.41) is 7.77. The zero-order valence-electron chi connectivity index (χ0n) is 9.95. The van der Waals surface area contributed by atoms with Crippen molar-refractivity contribution < 1.29 is 13.2 Å². The molecule has 0 aliphatic carbocycles. The Kier molecular flexibility index (Phi) is 3.02. The van der Waals surface area contributed by atoms with E-state index in [1.807, 2.05) is 0 Å². The van der Waals surface area contributed by atoms with Crippen molar-refractivity contribution in [1.82, 2.24) is 10.2 Å². The summed E-state index contributed by atoms with van der Waals surface area (Å²) in [5.41, 5.74) is 0.0666. The average molecular weight is 292 g/mol. The van der Waals surface area contributed by atoms with Crippen molar-refractivity contribution in [1.29, 1.82) is 0 Å². The molecule has 3 aromatic rings. The van der Waals surface area contributed by atoms with Gasteiger partial charge >= 0.3 is 0 Å². The number of aromatic amines is 1. The third kappa shape index (κ3) is 1.89. The van der Waals surface area contributed by atoms with Gasteiger partial charge in [-0.3, -0.25) is 5.10 Å². The van der Waals surface area contributed by atoms with E-state index >= 15 is 0 Å². The van der Waals surface area contributed by atoms with Crippen LogP contribution in [0.5, 0.6) is 0 Å². The van der Waals surface area contributed by atoms with E-state index in [2.05, 4.69) is 10.2 Å². The van der Waals surface area contributed by atoms with E-state index in [4.69, 9.17) is 12.2 Å². The van der Waals surface area contributed by atoms with Crippen LogP contribution in [0.1, 0.15) is 0 Å². The Morgan fingerprint density at radius 2 is 1.60 bits per heavy atom. The zero-order chi connectivity index (χ0) is 14.3. The van der Waals surface area contributed by atoms with E-state index < -0.39 is 17.5 Å². The molecule has 0 saturated heterocycles. The summed E-state index contributed by atoms with van der Waals surface area (Å²) < 4.78 is 40.6. The fraction of sp³-hybridized carbons (Fsp3) is 0. The van der Waals surface area contributed by atoms with Gasteiger partial charge in [-0.1, -0.05) is 36.5 Å². The molecule has 0 amide bonds. The highest BCUT2D eigenvalue weighted by Gasteiger charge is 2.17. The average Bonchev–Trinajstić information content (AvgIpc) is 2.47. The quantitative estimate of drug-likeness (QED) is 0.532. The molecule has 2 nitrogen and oxygen atoms in total. The van der Waals surface area contributed by atoms with Crippen LogP contribution in [0.2, 0.25) is 0 Å². The summed E-state index contributed by atoms with van der Waals surface area (Å²) in [6.45, 7) is 0. The summed E-state index contributed by atoms with van der Waals surface area (Å²) in [4.78, 5) is 0. The van der Waals surface area contributed by atoms with Gasteiger partial charge in [0.15, 0.2) is 17.5 Å². The first-order valence-corrected chi connectivity index (χ1v) is 6.11.